The molecule has 0 aromatic carbocycles. The van der Waals surface area contributed by atoms with Gasteiger partial charge in [0.05, 0.1) is 5.41 Å². The molecule has 0 radical (unpaired) electrons. The number of hydrogen-bond acceptors (Lipinski definition) is 2. The Hall–Kier alpha value is -1.18. The Kier molecular flexibility index (Phi) is 2.61. The molecule has 1 saturated carbocycles. The normalized spacial score (nSPS) is 27.1. The SMILES string of the molecule is CC1(C)CC(=O)C2(CC=CC=CC2)C(=O)C1. The topological polar surface area (TPSA) is 34.1 Å². The standard InChI is InChI=1S/C14H18O2/c1-13(2)9-11(15)14(12(16)10-13)7-5-3-4-6-8-14/h3-6H,7-10H2,1-2H3. The predicted molar refractivity (Wildman–Crippen MR) is 63.0 cm³/mol. The largest absolute Gasteiger partial charge is 0.299 e. The van der Waals surface area contributed by atoms with Crippen molar-refractivity contribution in [3.05, 3.63) is 24.3 Å². The zero-order valence-electron chi connectivity index (χ0n) is 9.95. The van der Waals surface area contributed by atoms with E-state index < -0.39 is 5.41 Å². The highest BCUT2D eigenvalue weighted by Crippen LogP contribution is 2.45. The van der Waals surface area contributed by atoms with Crippen molar-refractivity contribution in [2.24, 2.45) is 10.8 Å². The summed E-state index contributed by atoms with van der Waals surface area (Å²) in [6.07, 6.45) is 9.95. The second kappa shape index (κ2) is 3.69. The lowest BCUT2D eigenvalue weighted by atomic mass is 9.61. The second-order valence-electron chi connectivity index (χ2n) is 5.71. The van der Waals surface area contributed by atoms with Crippen molar-refractivity contribution in [1.29, 1.82) is 0 Å². The first-order valence-corrected chi connectivity index (χ1v) is 5.85. The van der Waals surface area contributed by atoms with Gasteiger partial charge in [0, 0.05) is 12.8 Å². The van der Waals surface area contributed by atoms with E-state index >= 15 is 0 Å². The van der Waals surface area contributed by atoms with Crippen LogP contribution in [0.25, 0.3) is 0 Å². The highest BCUT2D eigenvalue weighted by Gasteiger charge is 2.50. The van der Waals surface area contributed by atoms with Crippen LogP contribution in [0.15, 0.2) is 24.3 Å². The summed E-state index contributed by atoms with van der Waals surface area (Å²) in [5.41, 5.74) is -0.891. The van der Waals surface area contributed by atoms with Crippen LogP contribution in [0.2, 0.25) is 0 Å². The van der Waals surface area contributed by atoms with Crippen LogP contribution in [0.3, 0.4) is 0 Å². The van der Waals surface area contributed by atoms with Crippen molar-refractivity contribution in [3.8, 4) is 0 Å². The van der Waals surface area contributed by atoms with Crippen LogP contribution < -0.4 is 0 Å². The van der Waals surface area contributed by atoms with E-state index in [9.17, 15) is 9.59 Å². The summed E-state index contributed by atoms with van der Waals surface area (Å²) in [5, 5.41) is 0. The molecule has 86 valence electrons. The van der Waals surface area contributed by atoms with E-state index in [0.29, 0.717) is 25.7 Å². The lowest BCUT2D eigenvalue weighted by Crippen LogP contribution is -2.47. The van der Waals surface area contributed by atoms with Crippen molar-refractivity contribution in [2.75, 3.05) is 0 Å². The fourth-order valence-electron chi connectivity index (χ4n) is 2.66. The molecule has 0 unspecified atom stereocenters. The molecule has 0 heterocycles. The zero-order valence-corrected chi connectivity index (χ0v) is 9.95. The first-order chi connectivity index (χ1) is 7.46. The van der Waals surface area contributed by atoms with Crippen LogP contribution in [-0.2, 0) is 9.59 Å². The fraction of sp³-hybridized carbons (Fsp3) is 0.571. The van der Waals surface area contributed by atoms with Gasteiger partial charge in [-0.3, -0.25) is 9.59 Å². The van der Waals surface area contributed by atoms with Gasteiger partial charge < -0.3 is 0 Å². The second-order valence-corrected chi connectivity index (χ2v) is 5.71. The third-order valence-corrected chi connectivity index (χ3v) is 3.66. The molecular formula is C14H18O2. The summed E-state index contributed by atoms with van der Waals surface area (Å²) in [6, 6.07) is 0. The number of Topliss-reactive ketones (excluding diaryl/α,β-unsaturated/α-hetero) is 2. The molecule has 2 nitrogen and oxygen atoms in total. The van der Waals surface area contributed by atoms with Crippen LogP contribution in [0, 0.1) is 10.8 Å². The number of carbonyl (C=O) groups is 2. The van der Waals surface area contributed by atoms with Crippen LogP contribution in [-0.4, -0.2) is 11.6 Å². The average molecular weight is 218 g/mol. The van der Waals surface area contributed by atoms with Crippen molar-refractivity contribution in [3.63, 3.8) is 0 Å². The Bertz CT molecular complexity index is 350. The van der Waals surface area contributed by atoms with Gasteiger partial charge in [-0.1, -0.05) is 38.2 Å². The molecule has 1 fully saturated rings. The third kappa shape index (κ3) is 1.77. The van der Waals surface area contributed by atoms with Crippen molar-refractivity contribution in [2.45, 2.75) is 39.5 Å². The molecule has 0 aromatic heterocycles. The van der Waals surface area contributed by atoms with E-state index in [1.165, 1.54) is 0 Å². The molecule has 2 rings (SSSR count). The Morgan fingerprint density at radius 2 is 1.38 bits per heavy atom. The maximum Gasteiger partial charge on any atom is 0.147 e. The van der Waals surface area contributed by atoms with Gasteiger partial charge in [-0.05, 0) is 18.3 Å². The molecular weight excluding hydrogens is 200 g/mol. The summed E-state index contributed by atoms with van der Waals surface area (Å²) in [5.74, 6) is 0.259. The molecule has 2 heteroatoms. The minimum Gasteiger partial charge on any atom is -0.299 e. The van der Waals surface area contributed by atoms with Crippen LogP contribution in [0.1, 0.15) is 39.5 Å². The molecule has 2 aliphatic rings. The summed E-state index contributed by atoms with van der Waals surface area (Å²) >= 11 is 0. The molecule has 0 aliphatic heterocycles. The van der Waals surface area contributed by atoms with E-state index in [1.54, 1.807) is 0 Å². The lowest BCUT2D eigenvalue weighted by Gasteiger charge is -2.39. The summed E-state index contributed by atoms with van der Waals surface area (Å²) in [4.78, 5) is 24.5. The summed E-state index contributed by atoms with van der Waals surface area (Å²) < 4.78 is 0. The smallest absolute Gasteiger partial charge is 0.147 e. The molecule has 1 spiro atoms. The number of allylic oxidation sites excluding steroid dienone is 4. The Labute approximate surface area is 96.4 Å². The fourth-order valence-corrected chi connectivity index (χ4v) is 2.66. The molecule has 0 amide bonds. The van der Waals surface area contributed by atoms with Crippen molar-refractivity contribution < 1.29 is 9.59 Å². The quantitative estimate of drug-likeness (QED) is 0.586. The minimum atomic E-state index is -0.737. The number of carbonyl (C=O) groups excluding carboxylic acids is 2. The van der Waals surface area contributed by atoms with Gasteiger partial charge in [0.25, 0.3) is 0 Å². The maximum absolute atomic E-state index is 12.3. The van der Waals surface area contributed by atoms with Gasteiger partial charge in [-0.25, -0.2) is 0 Å². The van der Waals surface area contributed by atoms with E-state index in [4.69, 9.17) is 0 Å². The van der Waals surface area contributed by atoms with E-state index in [-0.39, 0.29) is 17.0 Å². The number of rotatable bonds is 0. The lowest BCUT2D eigenvalue weighted by molar-refractivity contribution is -0.147. The van der Waals surface area contributed by atoms with Gasteiger partial charge >= 0.3 is 0 Å². The van der Waals surface area contributed by atoms with Gasteiger partial charge in [-0.2, -0.15) is 0 Å². The van der Waals surface area contributed by atoms with Crippen LogP contribution in [0.4, 0.5) is 0 Å². The molecule has 2 aliphatic carbocycles. The van der Waals surface area contributed by atoms with Gasteiger partial charge in [0.15, 0.2) is 0 Å². The first-order valence-electron chi connectivity index (χ1n) is 5.85. The Morgan fingerprint density at radius 1 is 0.938 bits per heavy atom. The maximum atomic E-state index is 12.3. The first kappa shape index (κ1) is 11.3. The zero-order chi connectivity index (χ0) is 11.8. The highest BCUT2D eigenvalue weighted by atomic mass is 16.2. The molecule has 16 heavy (non-hydrogen) atoms. The van der Waals surface area contributed by atoms with Crippen LogP contribution >= 0.6 is 0 Å². The molecule has 0 saturated heterocycles. The molecule has 0 N–H and O–H groups in total. The predicted octanol–water partition coefficient (Wildman–Crippen LogP) is 2.84. The van der Waals surface area contributed by atoms with E-state index in [2.05, 4.69) is 0 Å². The average Bonchev–Trinajstić information content (AvgIpc) is 2.39. The van der Waals surface area contributed by atoms with Crippen molar-refractivity contribution >= 4 is 11.6 Å². The monoisotopic (exact) mass is 218 g/mol. The Morgan fingerprint density at radius 3 is 1.81 bits per heavy atom. The van der Waals surface area contributed by atoms with Gasteiger partial charge in [0.2, 0.25) is 0 Å². The molecule has 0 bridgehead atoms. The Balaban J connectivity index is 2.34. The van der Waals surface area contributed by atoms with Gasteiger partial charge in [-0.15, -0.1) is 0 Å². The molecule has 0 aromatic rings. The number of hydrogen-bond donors (Lipinski definition) is 0. The van der Waals surface area contributed by atoms with E-state index in [1.807, 2.05) is 38.2 Å². The highest BCUT2D eigenvalue weighted by molar-refractivity contribution is 6.10. The van der Waals surface area contributed by atoms with Gasteiger partial charge in [0.1, 0.15) is 11.6 Å². The van der Waals surface area contributed by atoms with Crippen molar-refractivity contribution in [1.82, 2.24) is 0 Å². The van der Waals surface area contributed by atoms with E-state index in [0.717, 1.165) is 0 Å². The summed E-state index contributed by atoms with van der Waals surface area (Å²) in [6.45, 7) is 4.00. The molecule has 0 atom stereocenters. The third-order valence-electron chi connectivity index (χ3n) is 3.66. The minimum absolute atomic E-state index is 0.130. The van der Waals surface area contributed by atoms with Crippen LogP contribution in [0.5, 0.6) is 0 Å². The number of ketones is 2. The summed E-state index contributed by atoms with van der Waals surface area (Å²) in [7, 11) is 0.